The van der Waals surface area contributed by atoms with Crippen molar-refractivity contribution in [2.75, 3.05) is 20.1 Å². The number of likely N-dealkylation sites (tertiary alicyclic amines) is 1. The minimum Gasteiger partial charge on any atom is -0.306 e. The van der Waals surface area contributed by atoms with Gasteiger partial charge in [0.2, 0.25) is 0 Å². The standard InChI is InChI=1S/C25H25N9S/c1-16-21(14-30-34(16)20-5-8-31(2)9-6-20)18-10-22(23-19(11-26)13-29-33(23)15-18)35-25-24-17(4-7-27-25)12-28-32(24)3/h4,7,10,12-15,20H,5-6,8-9H2,1-3H3. The van der Waals surface area contributed by atoms with Crippen molar-refractivity contribution in [3.05, 3.63) is 54.4 Å². The number of piperidine rings is 1. The van der Waals surface area contributed by atoms with E-state index in [2.05, 4.69) is 50.9 Å². The molecule has 1 fully saturated rings. The molecule has 0 N–H and O–H groups in total. The number of nitriles is 1. The first-order valence-corrected chi connectivity index (χ1v) is 12.4. The molecule has 10 heteroatoms. The molecule has 0 spiro atoms. The maximum atomic E-state index is 9.74. The van der Waals surface area contributed by atoms with Gasteiger partial charge in [0.1, 0.15) is 16.6 Å². The molecule has 0 radical (unpaired) electrons. The average Bonchev–Trinajstić information content (AvgIpc) is 3.57. The van der Waals surface area contributed by atoms with Gasteiger partial charge in [-0.3, -0.25) is 9.36 Å². The Morgan fingerprint density at radius 3 is 2.69 bits per heavy atom. The van der Waals surface area contributed by atoms with Crippen LogP contribution in [0.25, 0.3) is 27.5 Å². The quantitative estimate of drug-likeness (QED) is 0.380. The summed E-state index contributed by atoms with van der Waals surface area (Å²) >= 11 is 1.53. The lowest BCUT2D eigenvalue weighted by atomic mass is 10.0. The molecule has 6 rings (SSSR count). The molecular formula is C25H25N9S. The average molecular weight is 484 g/mol. The zero-order chi connectivity index (χ0) is 24.1. The molecule has 5 aromatic rings. The summed E-state index contributed by atoms with van der Waals surface area (Å²) in [6.45, 7) is 4.31. The molecule has 0 amide bonds. The lowest BCUT2D eigenvalue weighted by molar-refractivity contribution is 0.210. The van der Waals surface area contributed by atoms with E-state index in [0.717, 1.165) is 69.1 Å². The van der Waals surface area contributed by atoms with Gasteiger partial charge in [-0.05, 0) is 52.0 Å². The zero-order valence-corrected chi connectivity index (χ0v) is 20.7. The molecule has 35 heavy (non-hydrogen) atoms. The molecule has 0 aliphatic carbocycles. The van der Waals surface area contributed by atoms with E-state index in [-0.39, 0.29) is 0 Å². The zero-order valence-electron chi connectivity index (χ0n) is 19.9. The monoisotopic (exact) mass is 483 g/mol. The Morgan fingerprint density at radius 2 is 1.89 bits per heavy atom. The van der Waals surface area contributed by atoms with Gasteiger partial charge in [0.15, 0.2) is 0 Å². The maximum Gasteiger partial charge on any atom is 0.127 e. The molecule has 0 bridgehead atoms. The van der Waals surface area contributed by atoms with Gasteiger partial charge < -0.3 is 4.90 Å². The highest BCUT2D eigenvalue weighted by atomic mass is 32.2. The number of hydrogen-bond donors (Lipinski definition) is 0. The van der Waals surface area contributed by atoms with Gasteiger partial charge in [0, 0.05) is 46.5 Å². The minimum atomic E-state index is 0.416. The fraction of sp³-hybridized carbons (Fsp3) is 0.320. The highest BCUT2D eigenvalue weighted by Crippen LogP contribution is 2.38. The normalized spacial score (nSPS) is 15.3. The van der Waals surface area contributed by atoms with E-state index in [0.29, 0.717) is 11.6 Å². The molecule has 1 saturated heterocycles. The number of aryl methyl sites for hydroxylation is 1. The lowest BCUT2D eigenvalue weighted by Crippen LogP contribution is -2.32. The molecule has 0 aromatic carbocycles. The van der Waals surface area contributed by atoms with Crippen LogP contribution in [-0.2, 0) is 7.05 Å². The lowest BCUT2D eigenvalue weighted by Gasteiger charge is -2.29. The van der Waals surface area contributed by atoms with Gasteiger partial charge in [-0.2, -0.15) is 20.6 Å². The molecule has 9 nitrogen and oxygen atoms in total. The predicted octanol–water partition coefficient (Wildman–Crippen LogP) is 4.08. The molecule has 0 unspecified atom stereocenters. The second-order valence-corrected chi connectivity index (χ2v) is 10.1. The van der Waals surface area contributed by atoms with Crippen LogP contribution in [0.15, 0.2) is 53.0 Å². The number of hydrogen-bond acceptors (Lipinski definition) is 7. The summed E-state index contributed by atoms with van der Waals surface area (Å²) in [5, 5.41) is 25.3. The largest absolute Gasteiger partial charge is 0.306 e. The first-order valence-electron chi connectivity index (χ1n) is 11.6. The van der Waals surface area contributed by atoms with Crippen molar-refractivity contribution in [3.63, 3.8) is 0 Å². The van der Waals surface area contributed by atoms with Crippen LogP contribution in [0.3, 0.4) is 0 Å². The number of pyridine rings is 2. The molecule has 0 saturated carbocycles. The Kier molecular flexibility index (Phi) is 5.31. The van der Waals surface area contributed by atoms with Crippen molar-refractivity contribution < 1.29 is 0 Å². The summed E-state index contributed by atoms with van der Waals surface area (Å²) in [5.74, 6) is 0. The summed E-state index contributed by atoms with van der Waals surface area (Å²) in [5.41, 5.74) is 5.52. The van der Waals surface area contributed by atoms with Gasteiger partial charge in [-0.25, -0.2) is 9.50 Å². The molecule has 6 heterocycles. The van der Waals surface area contributed by atoms with Gasteiger partial charge in [0.05, 0.1) is 35.7 Å². The van der Waals surface area contributed by atoms with E-state index in [9.17, 15) is 5.26 Å². The van der Waals surface area contributed by atoms with Crippen LogP contribution in [0.4, 0.5) is 0 Å². The summed E-state index contributed by atoms with van der Waals surface area (Å²) < 4.78 is 5.82. The van der Waals surface area contributed by atoms with E-state index in [1.165, 1.54) is 11.8 Å². The molecule has 1 aliphatic heterocycles. The van der Waals surface area contributed by atoms with Crippen LogP contribution in [-0.4, -0.2) is 59.2 Å². The summed E-state index contributed by atoms with van der Waals surface area (Å²) in [7, 11) is 4.09. The molecule has 1 aliphatic rings. The Balaban J connectivity index is 1.46. The highest BCUT2D eigenvalue weighted by molar-refractivity contribution is 7.99. The summed E-state index contributed by atoms with van der Waals surface area (Å²) in [6.07, 6.45) is 11.4. The van der Waals surface area contributed by atoms with Gasteiger partial charge in [-0.1, -0.05) is 11.8 Å². The Labute approximate surface area is 207 Å². The second-order valence-electron chi connectivity index (χ2n) is 9.10. The van der Waals surface area contributed by atoms with Crippen LogP contribution < -0.4 is 0 Å². The van der Waals surface area contributed by atoms with E-state index >= 15 is 0 Å². The topological polar surface area (TPSA) is 92.9 Å². The first-order chi connectivity index (χ1) is 17.0. The summed E-state index contributed by atoms with van der Waals surface area (Å²) in [4.78, 5) is 7.93. The van der Waals surface area contributed by atoms with Crippen molar-refractivity contribution in [1.82, 2.24) is 39.1 Å². The van der Waals surface area contributed by atoms with Crippen LogP contribution >= 0.6 is 11.8 Å². The van der Waals surface area contributed by atoms with Crippen LogP contribution in [0.1, 0.15) is 30.1 Å². The van der Waals surface area contributed by atoms with Crippen molar-refractivity contribution in [1.29, 1.82) is 5.26 Å². The molecule has 176 valence electrons. The molecular weight excluding hydrogens is 458 g/mol. The fourth-order valence-electron chi connectivity index (χ4n) is 4.97. The third-order valence-corrected chi connectivity index (χ3v) is 7.93. The van der Waals surface area contributed by atoms with E-state index in [1.54, 1.807) is 16.9 Å². The Hall–Kier alpha value is -3.68. The third kappa shape index (κ3) is 3.68. The predicted molar refractivity (Wildman–Crippen MR) is 134 cm³/mol. The molecule has 0 atom stereocenters. The number of fused-ring (bicyclic) bond motifs is 2. The third-order valence-electron chi connectivity index (χ3n) is 6.91. The van der Waals surface area contributed by atoms with Gasteiger partial charge in [0.25, 0.3) is 0 Å². The number of aromatic nitrogens is 7. The van der Waals surface area contributed by atoms with Crippen LogP contribution in [0.5, 0.6) is 0 Å². The first kappa shape index (κ1) is 21.8. The Bertz CT molecular complexity index is 1590. The van der Waals surface area contributed by atoms with Crippen molar-refractivity contribution in [2.24, 2.45) is 7.05 Å². The maximum absolute atomic E-state index is 9.74. The molecule has 5 aromatic heterocycles. The van der Waals surface area contributed by atoms with Crippen molar-refractivity contribution in [3.8, 4) is 17.2 Å². The van der Waals surface area contributed by atoms with Gasteiger partial charge in [-0.15, -0.1) is 0 Å². The van der Waals surface area contributed by atoms with Crippen molar-refractivity contribution >= 4 is 28.2 Å². The van der Waals surface area contributed by atoms with Crippen molar-refractivity contribution in [2.45, 2.75) is 35.7 Å². The van der Waals surface area contributed by atoms with Crippen LogP contribution in [0.2, 0.25) is 0 Å². The Morgan fingerprint density at radius 1 is 1.06 bits per heavy atom. The second kappa shape index (κ2) is 8.52. The highest BCUT2D eigenvalue weighted by Gasteiger charge is 2.23. The van der Waals surface area contributed by atoms with E-state index < -0.39 is 0 Å². The van der Waals surface area contributed by atoms with E-state index in [4.69, 9.17) is 5.10 Å². The summed E-state index contributed by atoms with van der Waals surface area (Å²) in [6, 6.07) is 6.79. The SMILES string of the molecule is Cc1c(-c2cc(Sc3nccc4cnn(C)c34)c3c(C#N)cnn3c2)cnn1C1CCN(C)CC1. The van der Waals surface area contributed by atoms with Crippen LogP contribution in [0, 0.1) is 18.3 Å². The number of nitrogens with zero attached hydrogens (tertiary/aromatic N) is 9. The minimum absolute atomic E-state index is 0.416. The van der Waals surface area contributed by atoms with Gasteiger partial charge >= 0.3 is 0 Å². The van der Waals surface area contributed by atoms with E-state index in [1.807, 2.05) is 36.4 Å². The number of rotatable bonds is 4. The fourth-order valence-corrected chi connectivity index (χ4v) is 6.12. The smallest absolute Gasteiger partial charge is 0.127 e.